The lowest BCUT2D eigenvalue weighted by atomic mass is 10.1. The van der Waals surface area contributed by atoms with Gasteiger partial charge in [-0.15, -0.1) is 13.2 Å². The molecular formula is C9H2F9IO. The lowest BCUT2D eigenvalue weighted by Crippen LogP contribution is -2.21. The molecule has 1 nitrogen and oxygen atoms in total. The van der Waals surface area contributed by atoms with Gasteiger partial charge in [-0.1, -0.05) is 0 Å². The quantitative estimate of drug-likeness (QED) is 0.444. The molecule has 0 aliphatic heterocycles. The second-order valence-electron chi connectivity index (χ2n) is 3.37. The Hall–Kier alpha value is -0.880. The van der Waals surface area contributed by atoms with Gasteiger partial charge in [0.1, 0.15) is 5.75 Å². The fourth-order valence-electron chi connectivity index (χ4n) is 1.29. The Bertz CT molecular complexity index is 500. The zero-order valence-electron chi connectivity index (χ0n) is 8.84. The van der Waals surface area contributed by atoms with Crippen LogP contribution in [0.5, 0.6) is 5.75 Å². The maximum absolute atomic E-state index is 12.5. The van der Waals surface area contributed by atoms with Crippen LogP contribution < -0.4 is 4.74 Å². The minimum atomic E-state index is -5.48. The van der Waals surface area contributed by atoms with Crippen LogP contribution in [-0.2, 0) is 12.4 Å². The Morgan fingerprint density at radius 2 is 1.30 bits per heavy atom. The zero-order chi connectivity index (χ0) is 15.9. The average molecular weight is 424 g/mol. The van der Waals surface area contributed by atoms with Crippen LogP contribution in [0.2, 0.25) is 0 Å². The first-order valence-electron chi connectivity index (χ1n) is 4.45. The number of alkyl halides is 9. The summed E-state index contributed by atoms with van der Waals surface area (Å²) in [5, 5.41) is 0. The molecule has 0 bridgehead atoms. The van der Waals surface area contributed by atoms with Crippen LogP contribution in [0.3, 0.4) is 0 Å². The molecule has 1 rings (SSSR count). The normalized spacial score (nSPS) is 13.5. The van der Waals surface area contributed by atoms with Gasteiger partial charge < -0.3 is 4.74 Å². The topological polar surface area (TPSA) is 9.23 Å². The molecule has 0 aliphatic rings. The van der Waals surface area contributed by atoms with E-state index < -0.39 is 39.2 Å². The number of benzene rings is 1. The van der Waals surface area contributed by atoms with Crippen LogP contribution >= 0.6 is 22.6 Å². The van der Waals surface area contributed by atoms with Gasteiger partial charge in [-0.3, -0.25) is 0 Å². The highest BCUT2D eigenvalue weighted by Crippen LogP contribution is 2.44. The molecule has 0 fully saturated rings. The molecule has 114 valence electrons. The first-order chi connectivity index (χ1) is 8.72. The average Bonchev–Trinajstić information content (AvgIpc) is 2.09. The summed E-state index contributed by atoms with van der Waals surface area (Å²) in [7, 11) is 0. The van der Waals surface area contributed by atoms with Crippen molar-refractivity contribution in [3.05, 3.63) is 26.8 Å². The van der Waals surface area contributed by atoms with Gasteiger partial charge in [0.05, 0.1) is 11.1 Å². The lowest BCUT2D eigenvalue weighted by molar-refractivity contribution is -0.274. The monoisotopic (exact) mass is 424 g/mol. The van der Waals surface area contributed by atoms with E-state index in [2.05, 4.69) is 4.74 Å². The molecule has 0 unspecified atom stereocenters. The van der Waals surface area contributed by atoms with E-state index in [4.69, 9.17) is 0 Å². The van der Waals surface area contributed by atoms with Gasteiger partial charge >= 0.3 is 18.7 Å². The van der Waals surface area contributed by atoms with Gasteiger partial charge in [0.2, 0.25) is 0 Å². The van der Waals surface area contributed by atoms with Gasteiger partial charge in [0.25, 0.3) is 0 Å². The molecule has 0 radical (unpaired) electrons. The van der Waals surface area contributed by atoms with Crippen molar-refractivity contribution in [2.75, 3.05) is 0 Å². The summed E-state index contributed by atoms with van der Waals surface area (Å²) in [6, 6.07) is -0.107. The smallest absolute Gasteiger partial charge is 0.406 e. The van der Waals surface area contributed by atoms with Crippen molar-refractivity contribution in [3.8, 4) is 5.75 Å². The summed E-state index contributed by atoms with van der Waals surface area (Å²) in [5.74, 6) is -1.37. The van der Waals surface area contributed by atoms with Gasteiger partial charge in [-0.2, -0.15) is 26.3 Å². The summed E-state index contributed by atoms with van der Waals surface area (Å²) < 4.78 is 113. The van der Waals surface area contributed by atoms with Gasteiger partial charge in [-0.05, 0) is 34.7 Å². The molecule has 0 heterocycles. The molecule has 0 saturated carbocycles. The number of hydrogen-bond acceptors (Lipinski definition) is 1. The van der Waals surface area contributed by atoms with Crippen molar-refractivity contribution < 1.29 is 44.3 Å². The van der Waals surface area contributed by atoms with Crippen LogP contribution in [0.15, 0.2) is 12.1 Å². The summed E-state index contributed by atoms with van der Waals surface area (Å²) in [6.07, 6.45) is -16.2. The molecule has 0 aromatic heterocycles. The minimum Gasteiger partial charge on any atom is -0.406 e. The summed E-state index contributed by atoms with van der Waals surface area (Å²) in [5.41, 5.74) is -4.30. The molecule has 0 atom stereocenters. The molecule has 0 N–H and O–H groups in total. The van der Waals surface area contributed by atoms with E-state index in [1.165, 1.54) is 0 Å². The Balaban J connectivity index is 3.50. The molecule has 1 aromatic carbocycles. The van der Waals surface area contributed by atoms with E-state index in [0.717, 1.165) is 22.6 Å². The van der Waals surface area contributed by atoms with E-state index in [0.29, 0.717) is 0 Å². The highest BCUT2D eigenvalue weighted by Gasteiger charge is 2.45. The van der Waals surface area contributed by atoms with Crippen molar-refractivity contribution in [1.29, 1.82) is 0 Å². The van der Waals surface area contributed by atoms with E-state index in [1.54, 1.807) is 0 Å². The summed E-state index contributed by atoms with van der Waals surface area (Å²) >= 11 is 0.861. The Labute approximate surface area is 118 Å². The summed E-state index contributed by atoms with van der Waals surface area (Å²) in [4.78, 5) is 0. The van der Waals surface area contributed by atoms with Gasteiger partial charge in [0.15, 0.2) is 0 Å². The highest BCUT2D eigenvalue weighted by molar-refractivity contribution is 14.1. The number of halogens is 10. The van der Waals surface area contributed by atoms with Crippen molar-refractivity contribution in [2.24, 2.45) is 0 Å². The van der Waals surface area contributed by atoms with Crippen LogP contribution in [0.1, 0.15) is 11.1 Å². The second kappa shape index (κ2) is 5.15. The SMILES string of the molecule is FC(F)(F)Oc1cc(I)c(C(F)(F)F)c(C(F)(F)F)c1. The van der Waals surface area contributed by atoms with Crippen molar-refractivity contribution >= 4 is 22.6 Å². The molecule has 11 heteroatoms. The predicted molar refractivity (Wildman–Crippen MR) is 55.8 cm³/mol. The predicted octanol–water partition coefficient (Wildman–Crippen LogP) is 5.23. The van der Waals surface area contributed by atoms with E-state index in [1.807, 2.05) is 0 Å². The second-order valence-corrected chi connectivity index (χ2v) is 4.53. The Kier molecular flexibility index (Phi) is 4.42. The molecule has 1 aromatic rings. The van der Waals surface area contributed by atoms with Gasteiger partial charge in [0, 0.05) is 3.57 Å². The maximum atomic E-state index is 12.5. The fraction of sp³-hybridized carbons (Fsp3) is 0.333. The third-order valence-corrected chi connectivity index (χ3v) is 2.74. The first kappa shape index (κ1) is 17.2. The molecule has 0 amide bonds. The van der Waals surface area contributed by atoms with Crippen molar-refractivity contribution in [1.82, 2.24) is 0 Å². The third kappa shape index (κ3) is 4.31. The van der Waals surface area contributed by atoms with Crippen LogP contribution in [-0.4, -0.2) is 6.36 Å². The molecule has 20 heavy (non-hydrogen) atoms. The van der Waals surface area contributed by atoms with E-state index in [9.17, 15) is 39.5 Å². The summed E-state index contributed by atoms with van der Waals surface area (Å²) in [6.45, 7) is 0. The van der Waals surface area contributed by atoms with Gasteiger partial charge in [-0.25, -0.2) is 0 Å². The van der Waals surface area contributed by atoms with E-state index in [-0.39, 0.29) is 12.1 Å². The Morgan fingerprint density at radius 1 is 0.800 bits per heavy atom. The molecule has 0 aliphatic carbocycles. The molecule has 0 spiro atoms. The standard InChI is InChI=1S/C9H2F9IO/c10-7(11,12)4-1-3(20-9(16,17)18)2-5(19)6(4)8(13,14)15/h1-2H. The number of hydrogen-bond donors (Lipinski definition) is 0. The first-order valence-corrected chi connectivity index (χ1v) is 5.53. The van der Waals surface area contributed by atoms with Crippen LogP contribution in [0, 0.1) is 3.57 Å². The number of rotatable bonds is 1. The molecular weight excluding hydrogens is 422 g/mol. The highest BCUT2D eigenvalue weighted by atomic mass is 127. The minimum absolute atomic E-state index is 0.228. The number of ether oxygens (including phenoxy) is 1. The zero-order valence-corrected chi connectivity index (χ0v) is 11.0. The van der Waals surface area contributed by atoms with E-state index >= 15 is 0 Å². The largest absolute Gasteiger partial charge is 0.573 e. The van der Waals surface area contributed by atoms with Crippen LogP contribution in [0.25, 0.3) is 0 Å². The van der Waals surface area contributed by atoms with Crippen LogP contribution in [0.4, 0.5) is 39.5 Å². The molecule has 0 saturated heterocycles. The van der Waals surface area contributed by atoms with Crippen molar-refractivity contribution in [3.63, 3.8) is 0 Å². The lowest BCUT2D eigenvalue weighted by Gasteiger charge is -2.19. The fourth-order valence-corrected chi connectivity index (χ4v) is 2.19. The Morgan fingerprint density at radius 3 is 1.65 bits per heavy atom. The van der Waals surface area contributed by atoms with Crippen molar-refractivity contribution in [2.45, 2.75) is 18.7 Å². The third-order valence-electron chi connectivity index (χ3n) is 1.89. The maximum Gasteiger partial charge on any atom is 0.573 e.